The van der Waals surface area contributed by atoms with Gasteiger partial charge in [0.25, 0.3) is 0 Å². The van der Waals surface area contributed by atoms with Gasteiger partial charge < -0.3 is 9.64 Å². The van der Waals surface area contributed by atoms with Crippen LogP contribution in [0.1, 0.15) is 11.1 Å². The average Bonchev–Trinajstić information content (AvgIpc) is 2.89. The maximum atomic E-state index is 14.4. The van der Waals surface area contributed by atoms with Crippen LogP contribution in [0.4, 0.5) is 4.39 Å². The van der Waals surface area contributed by atoms with Crippen LogP contribution in [0.2, 0.25) is 0 Å². The van der Waals surface area contributed by atoms with Crippen LogP contribution in [0, 0.1) is 17.1 Å². The van der Waals surface area contributed by atoms with Crippen LogP contribution in [0.3, 0.4) is 0 Å². The maximum absolute atomic E-state index is 14.4. The van der Waals surface area contributed by atoms with E-state index in [-0.39, 0.29) is 48.3 Å². The number of piperazine rings is 1. The first-order valence-corrected chi connectivity index (χ1v) is 12.2. The van der Waals surface area contributed by atoms with E-state index in [1.807, 2.05) is 6.07 Å². The highest BCUT2D eigenvalue weighted by molar-refractivity contribution is 7.89. The van der Waals surface area contributed by atoms with Gasteiger partial charge in [-0.1, -0.05) is 18.2 Å². The third-order valence-electron chi connectivity index (χ3n) is 5.41. The van der Waals surface area contributed by atoms with Gasteiger partial charge in [-0.15, -0.1) is 0 Å². The van der Waals surface area contributed by atoms with Gasteiger partial charge in [-0.3, -0.25) is 9.78 Å². The van der Waals surface area contributed by atoms with Crippen LogP contribution >= 0.6 is 0 Å². The molecule has 2 heterocycles. The second-order valence-corrected chi connectivity index (χ2v) is 9.56. The topological polar surface area (TPSA) is 104 Å². The van der Waals surface area contributed by atoms with Crippen molar-refractivity contribution < 1.29 is 22.3 Å². The Labute approximate surface area is 202 Å². The summed E-state index contributed by atoms with van der Waals surface area (Å²) in [6.45, 7) is 0.611. The van der Waals surface area contributed by atoms with Gasteiger partial charge in [-0.05, 0) is 48.0 Å². The molecule has 0 unspecified atom stereocenters. The number of halogens is 1. The van der Waals surface area contributed by atoms with Crippen LogP contribution in [0.25, 0.3) is 6.08 Å². The van der Waals surface area contributed by atoms with E-state index < -0.39 is 15.8 Å². The molecule has 1 amide bonds. The Hall–Kier alpha value is -4.07. The van der Waals surface area contributed by atoms with Crippen molar-refractivity contribution in [1.29, 1.82) is 5.26 Å². The van der Waals surface area contributed by atoms with Gasteiger partial charge in [0.05, 0.1) is 16.7 Å². The van der Waals surface area contributed by atoms with Gasteiger partial charge in [0.2, 0.25) is 15.9 Å². The molecule has 178 valence electrons. The number of nitrogens with zero attached hydrogens (tertiary/aromatic N) is 4. The largest absolute Gasteiger partial charge is 0.453 e. The van der Waals surface area contributed by atoms with Crippen molar-refractivity contribution in [3.63, 3.8) is 0 Å². The summed E-state index contributed by atoms with van der Waals surface area (Å²) in [4.78, 5) is 18.0. The molecule has 0 spiro atoms. The highest BCUT2D eigenvalue weighted by Crippen LogP contribution is 2.25. The van der Waals surface area contributed by atoms with Gasteiger partial charge in [-0.25, -0.2) is 12.8 Å². The number of amides is 1. The Morgan fingerprint density at radius 3 is 2.54 bits per heavy atom. The minimum atomic E-state index is -3.84. The van der Waals surface area contributed by atoms with E-state index in [0.29, 0.717) is 11.3 Å². The average molecular weight is 493 g/mol. The van der Waals surface area contributed by atoms with Crippen molar-refractivity contribution in [3.8, 4) is 17.6 Å². The number of pyridine rings is 1. The van der Waals surface area contributed by atoms with Crippen molar-refractivity contribution >= 4 is 22.0 Å². The fourth-order valence-corrected chi connectivity index (χ4v) is 5.15. The molecule has 1 aliphatic heterocycles. The Morgan fingerprint density at radius 1 is 1.09 bits per heavy atom. The maximum Gasteiger partial charge on any atom is 0.246 e. The number of aromatic nitrogens is 1. The molecule has 1 fully saturated rings. The van der Waals surface area contributed by atoms with E-state index in [4.69, 9.17) is 4.74 Å². The molecule has 0 bridgehead atoms. The number of hydrogen-bond donors (Lipinski definition) is 0. The van der Waals surface area contributed by atoms with E-state index >= 15 is 0 Å². The third kappa shape index (κ3) is 5.54. The predicted octanol–water partition coefficient (Wildman–Crippen LogP) is 3.43. The molecule has 1 aliphatic rings. The number of sulfonamides is 1. The summed E-state index contributed by atoms with van der Waals surface area (Å²) in [6.07, 6.45) is 5.87. The molecular weight excluding hydrogens is 471 g/mol. The zero-order valence-electron chi connectivity index (χ0n) is 18.5. The number of ether oxygens (including phenoxy) is 1. The molecule has 4 rings (SSSR count). The predicted molar refractivity (Wildman–Crippen MR) is 126 cm³/mol. The summed E-state index contributed by atoms with van der Waals surface area (Å²) >= 11 is 0. The van der Waals surface area contributed by atoms with Crippen LogP contribution < -0.4 is 4.74 Å². The second-order valence-electron chi connectivity index (χ2n) is 7.65. The third-order valence-corrected chi connectivity index (χ3v) is 7.37. The van der Waals surface area contributed by atoms with Crippen molar-refractivity contribution in [2.75, 3.05) is 26.2 Å². The summed E-state index contributed by atoms with van der Waals surface area (Å²) < 4.78 is 47.0. The van der Waals surface area contributed by atoms with E-state index in [1.54, 1.807) is 36.5 Å². The lowest BCUT2D eigenvalue weighted by molar-refractivity contribution is -0.127. The monoisotopic (exact) mass is 492 g/mol. The summed E-state index contributed by atoms with van der Waals surface area (Å²) in [7, 11) is -3.84. The Balaban J connectivity index is 1.36. The number of benzene rings is 2. The Kier molecular flexibility index (Phi) is 7.19. The Morgan fingerprint density at radius 2 is 1.86 bits per heavy atom. The summed E-state index contributed by atoms with van der Waals surface area (Å²) in [5, 5.41) is 9.22. The fraction of sp³-hybridized carbons (Fsp3) is 0.160. The smallest absolute Gasteiger partial charge is 0.246 e. The molecule has 0 saturated carbocycles. The molecule has 8 nitrogen and oxygen atoms in total. The lowest BCUT2D eigenvalue weighted by Gasteiger charge is -2.33. The quantitative estimate of drug-likeness (QED) is 0.489. The number of nitriles is 1. The molecule has 1 saturated heterocycles. The van der Waals surface area contributed by atoms with Crippen molar-refractivity contribution in [2.45, 2.75) is 4.90 Å². The molecule has 0 aliphatic carbocycles. The van der Waals surface area contributed by atoms with Gasteiger partial charge in [-0.2, -0.15) is 9.57 Å². The molecule has 10 heteroatoms. The van der Waals surface area contributed by atoms with Gasteiger partial charge in [0, 0.05) is 38.5 Å². The number of rotatable bonds is 6. The van der Waals surface area contributed by atoms with Crippen molar-refractivity contribution in [2.24, 2.45) is 0 Å². The van der Waals surface area contributed by atoms with E-state index in [1.165, 1.54) is 51.8 Å². The van der Waals surface area contributed by atoms with Crippen LogP contribution in [0.15, 0.2) is 78.0 Å². The standard InChI is InChI=1S/C25H21FN4O4S/c26-22-16-19(7-9-23(22)34-21-5-3-11-28-18-21)8-10-25(31)29-12-14-30(15-13-29)35(32,33)24-6-2-1-4-20(24)17-27/h1-11,16,18H,12-15H2/b10-8+. The van der Waals surface area contributed by atoms with E-state index in [2.05, 4.69) is 4.98 Å². The first kappa shape index (κ1) is 24.1. The second kappa shape index (κ2) is 10.5. The first-order chi connectivity index (χ1) is 16.9. The van der Waals surface area contributed by atoms with Crippen molar-refractivity contribution in [3.05, 3.63) is 90.0 Å². The van der Waals surface area contributed by atoms with E-state index in [9.17, 15) is 22.9 Å². The SMILES string of the molecule is N#Cc1ccccc1S(=O)(=O)N1CCN(C(=O)/C=C/c2ccc(Oc3cccnc3)c(F)c2)CC1. The lowest BCUT2D eigenvalue weighted by Crippen LogP contribution is -2.50. The summed E-state index contributed by atoms with van der Waals surface area (Å²) in [5.74, 6) is -0.450. The van der Waals surface area contributed by atoms with Crippen LogP contribution in [-0.2, 0) is 14.8 Å². The molecule has 0 N–H and O–H groups in total. The minimum absolute atomic E-state index is 0.0387. The zero-order valence-corrected chi connectivity index (χ0v) is 19.4. The Bertz CT molecular complexity index is 1400. The molecule has 0 atom stereocenters. The van der Waals surface area contributed by atoms with E-state index in [0.717, 1.165) is 0 Å². The highest BCUT2D eigenvalue weighted by Gasteiger charge is 2.31. The fourth-order valence-electron chi connectivity index (χ4n) is 3.58. The highest BCUT2D eigenvalue weighted by atomic mass is 32.2. The summed E-state index contributed by atoms with van der Waals surface area (Å²) in [6, 6.07) is 15.6. The zero-order chi connectivity index (χ0) is 24.8. The van der Waals surface area contributed by atoms with Gasteiger partial charge in [0.1, 0.15) is 11.8 Å². The molecular formula is C25H21FN4O4S. The molecule has 2 aromatic carbocycles. The lowest BCUT2D eigenvalue weighted by atomic mass is 10.2. The summed E-state index contributed by atoms with van der Waals surface area (Å²) in [5.41, 5.74) is 0.557. The first-order valence-electron chi connectivity index (χ1n) is 10.7. The molecule has 3 aromatic rings. The number of carbonyl (C=O) groups is 1. The van der Waals surface area contributed by atoms with Crippen LogP contribution in [-0.4, -0.2) is 54.7 Å². The normalized spacial score (nSPS) is 14.6. The molecule has 35 heavy (non-hydrogen) atoms. The van der Waals surface area contributed by atoms with Gasteiger partial charge >= 0.3 is 0 Å². The molecule has 0 radical (unpaired) electrons. The minimum Gasteiger partial charge on any atom is -0.453 e. The number of hydrogen-bond acceptors (Lipinski definition) is 6. The number of carbonyl (C=O) groups excluding carboxylic acids is 1. The molecule has 1 aromatic heterocycles. The van der Waals surface area contributed by atoms with Gasteiger partial charge in [0.15, 0.2) is 11.6 Å². The van der Waals surface area contributed by atoms with Crippen LogP contribution in [0.5, 0.6) is 11.5 Å². The van der Waals surface area contributed by atoms with Crippen molar-refractivity contribution in [1.82, 2.24) is 14.2 Å².